The molecule has 1 heterocycles. The quantitative estimate of drug-likeness (QED) is 0.936. The third-order valence-electron chi connectivity index (χ3n) is 2.67. The number of aromatic amines is 1. The van der Waals surface area contributed by atoms with Crippen LogP contribution in [0.2, 0.25) is 10.0 Å². The van der Waals surface area contributed by atoms with Gasteiger partial charge in [0.2, 0.25) is 0 Å². The summed E-state index contributed by atoms with van der Waals surface area (Å²) >= 11 is 11.7. The van der Waals surface area contributed by atoms with Crippen LogP contribution in [0.25, 0.3) is 0 Å². The zero-order valence-electron chi connectivity index (χ0n) is 10.3. The average Bonchev–Trinajstić information content (AvgIpc) is 2.35. The molecule has 0 saturated heterocycles. The molecule has 1 aromatic heterocycles. The number of benzene rings is 1. The van der Waals surface area contributed by atoms with E-state index < -0.39 is 9.84 Å². The third-order valence-corrected chi connectivity index (χ3v) is 4.76. The molecular formula is C13H11Cl2NO3S. The molecule has 2 aromatic rings. The molecule has 0 amide bonds. The van der Waals surface area contributed by atoms with Crippen LogP contribution < -0.4 is 5.43 Å². The van der Waals surface area contributed by atoms with Crippen molar-refractivity contribution in [2.45, 2.75) is 11.5 Å². The van der Waals surface area contributed by atoms with Crippen molar-refractivity contribution in [3.63, 3.8) is 0 Å². The first-order chi connectivity index (χ1) is 9.37. The second kappa shape index (κ2) is 5.99. The lowest BCUT2D eigenvalue weighted by Gasteiger charge is -2.06. The van der Waals surface area contributed by atoms with E-state index in [2.05, 4.69) is 4.98 Å². The Labute approximate surface area is 126 Å². The monoisotopic (exact) mass is 331 g/mol. The van der Waals surface area contributed by atoms with Gasteiger partial charge in [-0.15, -0.1) is 0 Å². The van der Waals surface area contributed by atoms with Gasteiger partial charge in [0.1, 0.15) is 0 Å². The van der Waals surface area contributed by atoms with Crippen LogP contribution in [-0.4, -0.2) is 13.4 Å². The second-order valence-corrected chi connectivity index (χ2v) is 7.21. The number of nitrogens with one attached hydrogen (secondary N) is 1. The molecule has 7 heteroatoms. The largest absolute Gasteiger partial charge is 0.367 e. The first-order valence-electron chi connectivity index (χ1n) is 5.68. The summed E-state index contributed by atoms with van der Waals surface area (Å²) in [5.41, 5.74) is 0.357. The van der Waals surface area contributed by atoms with E-state index in [1.165, 1.54) is 24.5 Å². The Morgan fingerprint density at radius 2 is 1.75 bits per heavy atom. The minimum Gasteiger partial charge on any atom is -0.367 e. The molecule has 4 nitrogen and oxygen atoms in total. The highest BCUT2D eigenvalue weighted by molar-refractivity contribution is 7.89. The number of rotatable bonds is 4. The van der Waals surface area contributed by atoms with Crippen molar-refractivity contribution in [3.05, 3.63) is 68.1 Å². The summed E-state index contributed by atoms with van der Waals surface area (Å²) < 4.78 is 24.2. The van der Waals surface area contributed by atoms with Crippen LogP contribution >= 0.6 is 23.2 Å². The predicted octanol–water partition coefficient (Wildman–Crippen LogP) is 2.80. The number of hydrogen-bond acceptors (Lipinski definition) is 3. The molecule has 0 atom stereocenters. The van der Waals surface area contributed by atoms with Crippen LogP contribution in [0.15, 0.2) is 41.5 Å². The molecule has 0 aliphatic rings. The lowest BCUT2D eigenvalue weighted by Crippen LogP contribution is -2.15. The fraction of sp³-hybridized carbons (Fsp3) is 0.154. The van der Waals surface area contributed by atoms with Crippen LogP contribution in [0.1, 0.15) is 11.1 Å². The van der Waals surface area contributed by atoms with E-state index in [9.17, 15) is 13.2 Å². The highest BCUT2D eigenvalue weighted by Crippen LogP contribution is 2.23. The van der Waals surface area contributed by atoms with Crippen molar-refractivity contribution >= 4 is 33.0 Å². The van der Waals surface area contributed by atoms with Crippen LogP contribution in [0, 0.1) is 0 Å². The Balaban J connectivity index is 2.24. The van der Waals surface area contributed by atoms with Crippen LogP contribution in [0.4, 0.5) is 0 Å². The van der Waals surface area contributed by atoms with Gasteiger partial charge in [-0.25, -0.2) is 8.42 Å². The zero-order chi connectivity index (χ0) is 14.8. The highest BCUT2D eigenvalue weighted by Gasteiger charge is 2.17. The first kappa shape index (κ1) is 15.1. The molecule has 0 bridgehead atoms. The van der Waals surface area contributed by atoms with Crippen molar-refractivity contribution < 1.29 is 8.42 Å². The van der Waals surface area contributed by atoms with Crippen LogP contribution in [-0.2, 0) is 21.3 Å². The maximum Gasteiger partial charge on any atom is 0.185 e. The molecule has 106 valence electrons. The summed E-state index contributed by atoms with van der Waals surface area (Å²) in [7, 11) is -3.49. The molecule has 20 heavy (non-hydrogen) atoms. The van der Waals surface area contributed by atoms with E-state index in [0.717, 1.165) is 0 Å². The minimum atomic E-state index is -3.49. The van der Waals surface area contributed by atoms with Crippen molar-refractivity contribution in [2.24, 2.45) is 0 Å². The normalized spacial score (nSPS) is 11.5. The van der Waals surface area contributed by atoms with Gasteiger partial charge in [0.15, 0.2) is 15.3 Å². The predicted molar refractivity (Wildman–Crippen MR) is 79.9 cm³/mol. The number of H-pyrrole nitrogens is 1. The average molecular weight is 332 g/mol. The maximum atomic E-state index is 12.1. The SMILES string of the molecule is O=c1cc[nH]cc1CS(=O)(=O)Cc1ccc(Cl)cc1Cl. The number of halogens is 2. The van der Waals surface area contributed by atoms with E-state index in [0.29, 0.717) is 15.6 Å². The number of pyridine rings is 1. The summed E-state index contributed by atoms with van der Waals surface area (Å²) in [6.45, 7) is 0. The molecule has 0 aliphatic carbocycles. The van der Waals surface area contributed by atoms with Crippen molar-refractivity contribution in [1.29, 1.82) is 0 Å². The Bertz CT molecular complexity index is 784. The van der Waals surface area contributed by atoms with E-state index in [1.807, 2.05) is 0 Å². The van der Waals surface area contributed by atoms with Gasteiger partial charge in [-0.1, -0.05) is 29.3 Å². The van der Waals surface area contributed by atoms with Gasteiger partial charge in [0, 0.05) is 34.1 Å². The standard InChI is InChI=1S/C13H11Cl2NO3S/c14-11-2-1-9(12(15)5-11)7-20(18,19)8-10-6-16-4-3-13(10)17/h1-6H,7-8H2,(H,16,17). The Morgan fingerprint density at radius 1 is 1.05 bits per heavy atom. The van der Waals surface area contributed by atoms with Gasteiger partial charge < -0.3 is 4.98 Å². The third kappa shape index (κ3) is 3.85. The van der Waals surface area contributed by atoms with E-state index in [-0.39, 0.29) is 22.5 Å². The molecule has 0 radical (unpaired) electrons. The van der Waals surface area contributed by atoms with Crippen LogP contribution in [0.3, 0.4) is 0 Å². The number of sulfone groups is 1. The summed E-state index contributed by atoms with van der Waals surface area (Å²) in [6, 6.07) is 5.93. The minimum absolute atomic E-state index is 0.206. The lowest BCUT2D eigenvalue weighted by molar-refractivity contribution is 0.594. The Morgan fingerprint density at radius 3 is 2.40 bits per heavy atom. The van der Waals surface area contributed by atoms with Gasteiger partial charge in [0.05, 0.1) is 11.5 Å². The number of hydrogen-bond donors (Lipinski definition) is 1. The van der Waals surface area contributed by atoms with Gasteiger partial charge >= 0.3 is 0 Å². The molecule has 0 aliphatic heterocycles. The fourth-order valence-electron chi connectivity index (χ4n) is 1.73. The zero-order valence-corrected chi connectivity index (χ0v) is 12.6. The molecular weight excluding hydrogens is 321 g/mol. The van der Waals surface area contributed by atoms with Gasteiger partial charge in [0.25, 0.3) is 0 Å². The van der Waals surface area contributed by atoms with E-state index in [4.69, 9.17) is 23.2 Å². The lowest BCUT2D eigenvalue weighted by atomic mass is 10.2. The summed E-state index contributed by atoms with van der Waals surface area (Å²) in [4.78, 5) is 14.2. The van der Waals surface area contributed by atoms with Crippen molar-refractivity contribution in [3.8, 4) is 0 Å². The topological polar surface area (TPSA) is 67.0 Å². The molecule has 2 rings (SSSR count). The summed E-state index contributed by atoms with van der Waals surface area (Å²) in [5, 5.41) is 0.735. The fourth-order valence-corrected chi connectivity index (χ4v) is 3.81. The molecule has 0 fully saturated rings. The summed E-state index contributed by atoms with van der Waals surface area (Å²) in [5.74, 6) is -0.570. The Hall–Kier alpha value is -1.30. The van der Waals surface area contributed by atoms with Crippen molar-refractivity contribution in [2.75, 3.05) is 0 Å². The second-order valence-electron chi connectivity index (χ2n) is 4.30. The summed E-state index contributed by atoms with van der Waals surface area (Å²) in [6.07, 6.45) is 2.85. The van der Waals surface area contributed by atoms with Gasteiger partial charge in [-0.3, -0.25) is 4.79 Å². The molecule has 0 unspecified atom stereocenters. The molecule has 0 spiro atoms. The Kier molecular flexibility index (Phi) is 4.52. The van der Waals surface area contributed by atoms with Gasteiger partial charge in [-0.2, -0.15) is 0 Å². The molecule has 1 aromatic carbocycles. The number of aromatic nitrogens is 1. The molecule has 0 saturated carbocycles. The molecule has 1 N–H and O–H groups in total. The highest BCUT2D eigenvalue weighted by atomic mass is 35.5. The van der Waals surface area contributed by atoms with Gasteiger partial charge in [-0.05, 0) is 17.7 Å². The smallest absolute Gasteiger partial charge is 0.185 e. The van der Waals surface area contributed by atoms with E-state index in [1.54, 1.807) is 12.1 Å². The first-order valence-corrected chi connectivity index (χ1v) is 8.25. The van der Waals surface area contributed by atoms with E-state index >= 15 is 0 Å². The van der Waals surface area contributed by atoms with Crippen LogP contribution in [0.5, 0.6) is 0 Å². The van der Waals surface area contributed by atoms with Crippen molar-refractivity contribution in [1.82, 2.24) is 4.98 Å². The maximum absolute atomic E-state index is 12.1.